The van der Waals surface area contributed by atoms with Crippen molar-refractivity contribution in [2.75, 3.05) is 0 Å². The molecule has 0 spiro atoms. The number of aliphatic imine (C=N–C) groups is 1. The van der Waals surface area contributed by atoms with Crippen molar-refractivity contribution in [3.05, 3.63) is 87.7 Å². The van der Waals surface area contributed by atoms with E-state index >= 15 is 0 Å². The third kappa shape index (κ3) is 3.35. The fraction of sp³-hybridized carbons (Fsp3) is 0.100. The molecule has 2 heterocycles. The SMILES string of the molecule is Cc1ccccc1Cn1c(N=Cc2ccc([N+](=O)[O-])o2)nc2ccccc21. The van der Waals surface area contributed by atoms with Gasteiger partial charge in [0.1, 0.15) is 4.92 Å². The molecule has 0 saturated heterocycles. The van der Waals surface area contributed by atoms with E-state index in [2.05, 4.69) is 29.0 Å². The van der Waals surface area contributed by atoms with E-state index in [0.717, 1.165) is 11.0 Å². The molecule has 0 aliphatic heterocycles. The number of hydrogen-bond acceptors (Lipinski definition) is 5. The summed E-state index contributed by atoms with van der Waals surface area (Å²) in [5.41, 5.74) is 4.17. The smallest absolute Gasteiger partial charge is 0.400 e. The van der Waals surface area contributed by atoms with Crippen LogP contribution in [0.3, 0.4) is 0 Å². The Balaban J connectivity index is 1.74. The highest BCUT2D eigenvalue weighted by molar-refractivity contribution is 5.82. The van der Waals surface area contributed by atoms with Gasteiger partial charge in [-0.05, 0) is 36.2 Å². The second-order valence-electron chi connectivity index (χ2n) is 6.10. The van der Waals surface area contributed by atoms with Crippen molar-refractivity contribution in [1.82, 2.24) is 9.55 Å². The molecule has 0 bridgehead atoms. The fourth-order valence-electron chi connectivity index (χ4n) is 2.91. The molecule has 7 nitrogen and oxygen atoms in total. The first-order chi connectivity index (χ1) is 13.1. The van der Waals surface area contributed by atoms with Crippen LogP contribution in [0, 0.1) is 17.0 Å². The van der Waals surface area contributed by atoms with Crippen molar-refractivity contribution < 1.29 is 9.34 Å². The van der Waals surface area contributed by atoms with Gasteiger partial charge in [-0.25, -0.2) is 9.98 Å². The molecule has 0 saturated carbocycles. The summed E-state index contributed by atoms with van der Waals surface area (Å²) in [6.45, 7) is 2.69. The normalized spacial score (nSPS) is 11.4. The molecule has 0 fully saturated rings. The van der Waals surface area contributed by atoms with E-state index in [0.29, 0.717) is 18.3 Å². The molecular weight excluding hydrogens is 344 g/mol. The van der Waals surface area contributed by atoms with Crippen molar-refractivity contribution in [2.45, 2.75) is 13.5 Å². The number of benzene rings is 2. The van der Waals surface area contributed by atoms with Crippen molar-refractivity contribution in [2.24, 2.45) is 4.99 Å². The van der Waals surface area contributed by atoms with Gasteiger partial charge < -0.3 is 8.98 Å². The lowest BCUT2D eigenvalue weighted by atomic mass is 10.1. The van der Waals surface area contributed by atoms with E-state index in [1.165, 1.54) is 29.5 Å². The maximum atomic E-state index is 10.7. The predicted molar refractivity (Wildman–Crippen MR) is 103 cm³/mol. The van der Waals surface area contributed by atoms with E-state index in [9.17, 15) is 10.1 Å². The first kappa shape index (κ1) is 16.7. The maximum absolute atomic E-state index is 10.7. The molecule has 0 atom stereocenters. The lowest BCUT2D eigenvalue weighted by Gasteiger charge is -2.09. The molecule has 0 N–H and O–H groups in total. The topological polar surface area (TPSA) is 86.5 Å². The molecule has 4 aromatic rings. The van der Waals surface area contributed by atoms with Crippen LogP contribution >= 0.6 is 0 Å². The number of furan rings is 1. The number of imidazole rings is 1. The summed E-state index contributed by atoms with van der Waals surface area (Å²) in [4.78, 5) is 19.2. The summed E-state index contributed by atoms with van der Waals surface area (Å²) in [6.07, 6.45) is 1.45. The Bertz CT molecular complexity index is 1160. The standard InChI is InChI=1S/C20H16N4O3/c1-14-6-2-3-7-15(14)13-23-18-9-5-4-8-17(18)22-20(23)21-12-16-10-11-19(27-16)24(25)26/h2-12H,13H2,1H3. The van der Waals surface area contributed by atoms with Crippen LogP contribution in [0.4, 0.5) is 11.8 Å². The highest BCUT2D eigenvalue weighted by Crippen LogP contribution is 2.24. The first-order valence-electron chi connectivity index (χ1n) is 8.40. The molecule has 2 aromatic heterocycles. The van der Waals surface area contributed by atoms with Gasteiger partial charge in [-0.3, -0.25) is 10.1 Å². The Hall–Kier alpha value is -3.74. The summed E-state index contributed by atoms with van der Waals surface area (Å²) in [5.74, 6) is 0.500. The summed E-state index contributed by atoms with van der Waals surface area (Å²) in [5, 5.41) is 10.7. The molecule has 0 aliphatic carbocycles. The minimum Gasteiger partial charge on any atom is -0.400 e. The monoisotopic (exact) mass is 360 g/mol. The van der Waals surface area contributed by atoms with Gasteiger partial charge in [-0.1, -0.05) is 36.4 Å². The Morgan fingerprint density at radius 2 is 1.93 bits per heavy atom. The number of aromatic nitrogens is 2. The number of hydrogen-bond donors (Lipinski definition) is 0. The minimum atomic E-state index is -0.579. The van der Waals surface area contributed by atoms with Crippen molar-refractivity contribution >= 4 is 29.1 Å². The average molecular weight is 360 g/mol. The number of para-hydroxylation sites is 2. The van der Waals surface area contributed by atoms with Gasteiger partial charge in [0.2, 0.25) is 5.95 Å². The summed E-state index contributed by atoms with van der Waals surface area (Å²) >= 11 is 0. The zero-order chi connectivity index (χ0) is 18.8. The van der Waals surface area contributed by atoms with Crippen LogP contribution in [0.5, 0.6) is 0 Å². The summed E-state index contributed by atoms with van der Waals surface area (Å²) in [7, 11) is 0. The second-order valence-corrected chi connectivity index (χ2v) is 6.10. The van der Waals surface area contributed by atoms with Crippen LogP contribution in [0.25, 0.3) is 11.0 Å². The number of fused-ring (bicyclic) bond motifs is 1. The Kier molecular flexibility index (Phi) is 4.25. The number of rotatable bonds is 5. The van der Waals surface area contributed by atoms with E-state index in [4.69, 9.17) is 4.42 Å². The number of nitro groups is 1. The molecule has 27 heavy (non-hydrogen) atoms. The zero-order valence-electron chi connectivity index (χ0n) is 14.6. The molecule has 0 unspecified atom stereocenters. The molecule has 134 valence electrons. The molecule has 2 aromatic carbocycles. The molecular formula is C20H16N4O3. The molecule has 4 rings (SSSR count). The zero-order valence-corrected chi connectivity index (χ0v) is 14.6. The van der Waals surface area contributed by atoms with Crippen LogP contribution < -0.4 is 0 Å². The van der Waals surface area contributed by atoms with Crippen molar-refractivity contribution in [3.63, 3.8) is 0 Å². The first-order valence-corrected chi connectivity index (χ1v) is 8.40. The Morgan fingerprint density at radius 1 is 1.15 bits per heavy atom. The minimum absolute atomic E-state index is 0.302. The highest BCUT2D eigenvalue weighted by atomic mass is 16.6. The van der Waals surface area contributed by atoms with E-state index in [1.807, 2.05) is 41.0 Å². The van der Waals surface area contributed by atoms with Crippen molar-refractivity contribution in [1.29, 1.82) is 0 Å². The lowest BCUT2D eigenvalue weighted by molar-refractivity contribution is -0.402. The Labute approximate surface area is 154 Å². The van der Waals surface area contributed by atoms with Gasteiger partial charge >= 0.3 is 5.88 Å². The van der Waals surface area contributed by atoms with Crippen LogP contribution in [0.15, 0.2) is 70.1 Å². The van der Waals surface area contributed by atoms with Gasteiger partial charge in [0.05, 0.1) is 29.9 Å². The van der Waals surface area contributed by atoms with Gasteiger partial charge in [-0.2, -0.15) is 0 Å². The van der Waals surface area contributed by atoms with Crippen LogP contribution in [-0.4, -0.2) is 20.7 Å². The quantitative estimate of drug-likeness (QED) is 0.295. The Morgan fingerprint density at radius 3 is 2.70 bits per heavy atom. The fourth-order valence-corrected chi connectivity index (χ4v) is 2.91. The summed E-state index contributed by atoms with van der Waals surface area (Å²) in [6, 6.07) is 18.8. The molecule has 0 radical (unpaired) electrons. The van der Waals surface area contributed by atoms with Crippen molar-refractivity contribution in [3.8, 4) is 0 Å². The third-order valence-corrected chi connectivity index (χ3v) is 4.32. The van der Waals surface area contributed by atoms with Crippen LogP contribution in [-0.2, 0) is 6.54 Å². The van der Waals surface area contributed by atoms with E-state index < -0.39 is 4.92 Å². The van der Waals surface area contributed by atoms with Gasteiger partial charge in [0, 0.05) is 0 Å². The second kappa shape index (κ2) is 6.87. The molecule has 0 aliphatic rings. The number of aryl methyl sites for hydroxylation is 1. The summed E-state index contributed by atoms with van der Waals surface area (Å²) < 4.78 is 7.15. The highest BCUT2D eigenvalue weighted by Gasteiger charge is 2.13. The largest absolute Gasteiger partial charge is 0.433 e. The maximum Gasteiger partial charge on any atom is 0.433 e. The van der Waals surface area contributed by atoms with Crippen LogP contribution in [0.2, 0.25) is 0 Å². The third-order valence-electron chi connectivity index (χ3n) is 4.32. The van der Waals surface area contributed by atoms with Gasteiger partial charge in [-0.15, -0.1) is 0 Å². The average Bonchev–Trinajstić information content (AvgIpc) is 3.27. The van der Waals surface area contributed by atoms with Crippen LogP contribution in [0.1, 0.15) is 16.9 Å². The predicted octanol–water partition coefficient (Wildman–Crippen LogP) is 4.64. The van der Waals surface area contributed by atoms with Gasteiger partial charge in [0.25, 0.3) is 0 Å². The number of nitrogens with zero attached hydrogens (tertiary/aromatic N) is 4. The lowest BCUT2D eigenvalue weighted by Crippen LogP contribution is -2.01. The van der Waals surface area contributed by atoms with E-state index in [1.54, 1.807) is 0 Å². The molecule has 7 heteroatoms. The van der Waals surface area contributed by atoms with Gasteiger partial charge in [0.15, 0.2) is 5.76 Å². The molecule has 0 amide bonds. The van der Waals surface area contributed by atoms with E-state index in [-0.39, 0.29) is 5.88 Å².